The molecule has 0 fully saturated rings. The minimum atomic E-state index is -3.71. The van der Waals surface area contributed by atoms with E-state index in [0.717, 1.165) is 0 Å². The Morgan fingerprint density at radius 2 is 1.80 bits per heavy atom. The molecule has 1 heterocycles. The summed E-state index contributed by atoms with van der Waals surface area (Å²) in [4.78, 5) is 11.2. The fourth-order valence-corrected chi connectivity index (χ4v) is 3.71. The van der Waals surface area contributed by atoms with Crippen LogP contribution in [0.25, 0.3) is 0 Å². The molecular formula is C17H18N2O5S. The number of carbonyl (C=O) groups excluding carboxylic acids is 1. The van der Waals surface area contributed by atoms with Crippen LogP contribution in [0.2, 0.25) is 0 Å². The summed E-state index contributed by atoms with van der Waals surface area (Å²) in [6, 6.07) is 12.7. The summed E-state index contributed by atoms with van der Waals surface area (Å²) in [5.74, 6) is 0.630. The predicted molar refractivity (Wildman–Crippen MR) is 91.1 cm³/mol. The van der Waals surface area contributed by atoms with Crippen LogP contribution in [0, 0.1) is 0 Å². The zero-order valence-corrected chi connectivity index (χ0v) is 14.4. The monoisotopic (exact) mass is 362 g/mol. The van der Waals surface area contributed by atoms with Gasteiger partial charge < -0.3 is 15.2 Å². The number of primary amides is 1. The third-order valence-electron chi connectivity index (χ3n) is 3.88. The van der Waals surface area contributed by atoms with Crippen molar-refractivity contribution >= 4 is 15.9 Å². The molecule has 1 aliphatic heterocycles. The van der Waals surface area contributed by atoms with Gasteiger partial charge in [-0.2, -0.15) is 4.31 Å². The summed E-state index contributed by atoms with van der Waals surface area (Å²) in [6.45, 7) is 0.395. The summed E-state index contributed by atoms with van der Waals surface area (Å²) >= 11 is 0. The highest BCUT2D eigenvalue weighted by Crippen LogP contribution is 2.31. The van der Waals surface area contributed by atoms with Gasteiger partial charge in [-0.15, -0.1) is 0 Å². The van der Waals surface area contributed by atoms with Gasteiger partial charge in [0, 0.05) is 12.6 Å². The van der Waals surface area contributed by atoms with Gasteiger partial charge in [0.2, 0.25) is 15.9 Å². The van der Waals surface area contributed by atoms with Crippen molar-refractivity contribution < 1.29 is 22.7 Å². The predicted octanol–water partition coefficient (Wildman–Crippen LogP) is 1.25. The highest BCUT2D eigenvalue weighted by molar-refractivity contribution is 7.89. The number of hydrogen-bond donors (Lipinski definition) is 1. The first-order valence-corrected chi connectivity index (χ1v) is 9.06. The molecule has 8 heteroatoms. The maximum absolute atomic E-state index is 12.6. The molecule has 1 atom stereocenters. The average Bonchev–Trinajstić information content (AvgIpc) is 2.61. The first-order valence-electron chi connectivity index (χ1n) is 7.62. The van der Waals surface area contributed by atoms with Gasteiger partial charge in [-0.1, -0.05) is 12.1 Å². The Kier molecular flexibility index (Phi) is 4.65. The zero-order valence-electron chi connectivity index (χ0n) is 13.6. The topological polar surface area (TPSA) is 98.9 Å². The summed E-state index contributed by atoms with van der Waals surface area (Å²) in [6.07, 6.45) is -0.417. The van der Waals surface area contributed by atoms with Gasteiger partial charge in [0.1, 0.15) is 12.7 Å². The standard InChI is InChI=1S/C17H18N2O5S/c1-19(10-13-11-23-15-4-2-3-5-16(15)24-13)25(21,22)14-8-6-12(7-9-14)17(18)20/h2-9,13H,10-11H2,1H3,(H2,18,20)/t13-/m1/s1. The Morgan fingerprint density at radius 1 is 1.16 bits per heavy atom. The van der Waals surface area contributed by atoms with Crippen molar-refractivity contribution in [3.05, 3.63) is 54.1 Å². The second kappa shape index (κ2) is 6.73. The number of nitrogens with two attached hydrogens (primary N) is 1. The normalized spacial score (nSPS) is 16.6. The van der Waals surface area contributed by atoms with Crippen molar-refractivity contribution in [2.75, 3.05) is 20.2 Å². The lowest BCUT2D eigenvalue weighted by Gasteiger charge is -2.29. The maximum atomic E-state index is 12.6. The van der Waals surface area contributed by atoms with Gasteiger partial charge >= 0.3 is 0 Å². The van der Waals surface area contributed by atoms with Crippen molar-refractivity contribution in [3.8, 4) is 11.5 Å². The highest BCUT2D eigenvalue weighted by atomic mass is 32.2. The Morgan fingerprint density at radius 3 is 2.44 bits per heavy atom. The molecule has 0 saturated carbocycles. The second-order valence-electron chi connectivity index (χ2n) is 5.67. The molecule has 132 valence electrons. The molecule has 0 unspecified atom stereocenters. The summed E-state index contributed by atoms with van der Waals surface area (Å²) in [5, 5.41) is 0. The third-order valence-corrected chi connectivity index (χ3v) is 5.71. The van der Waals surface area contributed by atoms with E-state index in [9.17, 15) is 13.2 Å². The van der Waals surface area contributed by atoms with Crippen molar-refractivity contribution in [3.63, 3.8) is 0 Å². The number of sulfonamides is 1. The molecule has 0 aliphatic carbocycles. The van der Waals surface area contributed by atoms with Crippen LogP contribution < -0.4 is 15.2 Å². The molecule has 1 aliphatic rings. The van der Waals surface area contributed by atoms with Crippen LogP contribution >= 0.6 is 0 Å². The van der Waals surface area contributed by atoms with Crippen LogP contribution in [-0.2, 0) is 10.0 Å². The molecule has 7 nitrogen and oxygen atoms in total. The van der Waals surface area contributed by atoms with Gasteiger partial charge in [0.25, 0.3) is 0 Å². The largest absolute Gasteiger partial charge is 0.486 e. The number of nitrogens with zero attached hydrogens (tertiary/aromatic N) is 1. The fraction of sp³-hybridized carbons (Fsp3) is 0.235. The minimum Gasteiger partial charge on any atom is -0.486 e. The molecule has 0 aromatic heterocycles. The zero-order chi connectivity index (χ0) is 18.0. The molecular weight excluding hydrogens is 344 g/mol. The number of fused-ring (bicyclic) bond motifs is 1. The van der Waals surface area contributed by atoms with Crippen LogP contribution in [0.4, 0.5) is 0 Å². The van der Waals surface area contributed by atoms with Crippen molar-refractivity contribution in [1.29, 1.82) is 0 Å². The van der Waals surface area contributed by atoms with Crippen molar-refractivity contribution in [2.24, 2.45) is 5.73 Å². The van der Waals surface area contributed by atoms with Gasteiger partial charge in [-0.25, -0.2) is 8.42 Å². The van der Waals surface area contributed by atoms with E-state index in [4.69, 9.17) is 15.2 Å². The van der Waals surface area contributed by atoms with E-state index in [1.807, 2.05) is 12.1 Å². The van der Waals surface area contributed by atoms with Gasteiger partial charge in [0.15, 0.2) is 11.5 Å². The quantitative estimate of drug-likeness (QED) is 0.863. The number of ether oxygens (including phenoxy) is 2. The van der Waals surface area contributed by atoms with Crippen molar-refractivity contribution in [2.45, 2.75) is 11.0 Å². The maximum Gasteiger partial charge on any atom is 0.248 e. The number of benzene rings is 2. The van der Waals surface area contributed by atoms with E-state index in [-0.39, 0.29) is 23.6 Å². The molecule has 2 aromatic carbocycles. The molecule has 0 saturated heterocycles. The SMILES string of the molecule is CN(C[C@@H]1COc2ccccc2O1)S(=O)(=O)c1ccc(C(N)=O)cc1. The summed E-state index contributed by atoms with van der Waals surface area (Å²) in [5.41, 5.74) is 5.42. The van der Waals surface area contributed by atoms with Crippen LogP contribution in [0.15, 0.2) is 53.4 Å². The molecule has 0 bridgehead atoms. The first-order chi connectivity index (χ1) is 11.9. The Balaban J connectivity index is 1.72. The Hall–Kier alpha value is -2.58. The average molecular weight is 362 g/mol. The van der Waals surface area contributed by atoms with Gasteiger partial charge in [-0.3, -0.25) is 4.79 Å². The van der Waals surface area contributed by atoms with Crippen molar-refractivity contribution in [1.82, 2.24) is 4.31 Å². The Bertz CT molecular complexity index is 880. The summed E-state index contributed by atoms with van der Waals surface area (Å²) in [7, 11) is -2.24. The highest BCUT2D eigenvalue weighted by Gasteiger charge is 2.28. The van der Waals surface area contributed by atoms with E-state index in [1.165, 1.54) is 35.6 Å². The molecule has 3 rings (SSSR count). The third kappa shape index (κ3) is 3.59. The molecule has 25 heavy (non-hydrogen) atoms. The molecule has 2 N–H and O–H groups in total. The number of hydrogen-bond acceptors (Lipinski definition) is 5. The van der Waals surface area contributed by atoms with Gasteiger partial charge in [-0.05, 0) is 36.4 Å². The second-order valence-corrected chi connectivity index (χ2v) is 7.72. The number of rotatable bonds is 5. The number of likely N-dealkylation sites (N-methyl/N-ethyl adjacent to an activating group) is 1. The number of para-hydroxylation sites is 2. The Labute approximate surface area is 146 Å². The molecule has 1 amide bonds. The van der Waals surface area contributed by atoms with E-state index in [1.54, 1.807) is 12.1 Å². The molecule has 0 spiro atoms. The lowest BCUT2D eigenvalue weighted by Crippen LogP contribution is -2.41. The molecule has 0 radical (unpaired) electrons. The summed E-state index contributed by atoms with van der Waals surface area (Å²) < 4.78 is 37.9. The lowest BCUT2D eigenvalue weighted by molar-refractivity contribution is 0.0798. The van der Waals surface area contributed by atoms with Crippen LogP contribution in [0.3, 0.4) is 0 Å². The minimum absolute atomic E-state index is 0.0807. The smallest absolute Gasteiger partial charge is 0.248 e. The van der Waals surface area contributed by atoms with E-state index >= 15 is 0 Å². The van der Waals surface area contributed by atoms with Gasteiger partial charge in [0.05, 0.1) is 11.4 Å². The van der Waals surface area contributed by atoms with Crippen LogP contribution in [0.1, 0.15) is 10.4 Å². The van der Waals surface area contributed by atoms with E-state index in [0.29, 0.717) is 11.5 Å². The lowest BCUT2D eigenvalue weighted by atomic mass is 10.2. The first kappa shape index (κ1) is 17.2. The van der Waals surface area contributed by atoms with E-state index < -0.39 is 22.0 Å². The number of amides is 1. The molecule has 2 aromatic rings. The van der Waals surface area contributed by atoms with Crippen LogP contribution in [0.5, 0.6) is 11.5 Å². The van der Waals surface area contributed by atoms with E-state index in [2.05, 4.69) is 0 Å². The number of carbonyl (C=O) groups is 1. The van der Waals surface area contributed by atoms with Crippen LogP contribution in [-0.4, -0.2) is 44.9 Å². The fourth-order valence-electron chi connectivity index (χ4n) is 2.51.